The fraction of sp³-hybridized carbons (Fsp3) is 0.448. The van der Waals surface area contributed by atoms with Crippen molar-refractivity contribution in [3.63, 3.8) is 0 Å². The fourth-order valence-electron chi connectivity index (χ4n) is 6.35. The Morgan fingerprint density at radius 1 is 1.18 bits per heavy atom. The number of alkyl halides is 3. The molecule has 2 unspecified atom stereocenters. The molecule has 0 spiro atoms. The summed E-state index contributed by atoms with van der Waals surface area (Å²) in [7, 11) is 0. The number of carbonyl (C=O) groups excluding carboxylic acids is 3. The van der Waals surface area contributed by atoms with Gasteiger partial charge in [0, 0.05) is 28.2 Å². The first-order chi connectivity index (χ1) is 18.8. The summed E-state index contributed by atoms with van der Waals surface area (Å²) >= 11 is 1.29. The Morgan fingerprint density at radius 3 is 2.50 bits per heavy atom. The summed E-state index contributed by atoms with van der Waals surface area (Å²) in [6.45, 7) is 6.80. The summed E-state index contributed by atoms with van der Waals surface area (Å²) < 4.78 is 42.2. The molecule has 210 valence electrons. The number of imide groups is 1. The molecule has 11 heteroatoms. The van der Waals surface area contributed by atoms with E-state index >= 15 is 0 Å². The Morgan fingerprint density at radius 2 is 1.88 bits per heavy atom. The third-order valence-corrected chi connectivity index (χ3v) is 9.85. The second-order valence-corrected chi connectivity index (χ2v) is 12.8. The van der Waals surface area contributed by atoms with Crippen LogP contribution in [0.3, 0.4) is 0 Å². The molecule has 7 nitrogen and oxygen atoms in total. The Labute approximate surface area is 233 Å². The van der Waals surface area contributed by atoms with Crippen molar-refractivity contribution in [3.8, 4) is 11.3 Å². The largest absolute Gasteiger partial charge is 0.433 e. The lowest BCUT2D eigenvalue weighted by atomic mass is 9.98. The quantitative estimate of drug-likeness (QED) is 0.443. The number of likely N-dealkylation sites (tertiary alicyclic amines) is 2. The van der Waals surface area contributed by atoms with Crippen LogP contribution in [-0.2, 0) is 22.3 Å². The van der Waals surface area contributed by atoms with Crippen LogP contribution in [0.5, 0.6) is 0 Å². The maximum Gasteiger partial charge on any atom is 0.433 e. The van der Waals surface area contributed by atoms with Crippen molar-refractivity contribution >= 4 is 39.1 Å². The first-order valence-corrected chi connectivity index (χ1v) is 14.1. The van der Waals surface area contributed by atoms with Crippen LogP contribution in [-0.4, -0.2) is 52.1 Å². The van der Waals surface area contributed by atoms with Gasteiger partial charge in [-0.05, 0) is 54.3 Å². The highest BCUT2D eigenvalue weighted by Gasteiger charge is 2.72. The molecule has 3 fully saturated rings. The summed E-state index contributed by atoms with van der Waals surface area (Å²) in [6, 6.07) is 7.96. The Balaban J connectivity index is 1.42. The van der Waals surface area contributed by atoms with Gasteiger partial charge in [0.15, 0.2) is 0 Å². The number of carbonyl (C=O) groups is 3. The van der Waals surface area contributed by atoms with Crippen molar-refractivity contribution in [1.82, 2.24) is 14.8 Å². The molecular formula is C29H29F3N4O3S. The predicted octanol–water partition coefficient (Wildman–Crippen LogP) is 4.85. The van der Waals surface area contributed by atoms with Crippen LogP contribution in [0, 0.1) is 30.1 Å². The monoisotopic (exact) mass is 570 g/mol. The number of aryl methyl sites for hydroxylation is 1. The standard InChI is InChI=1S/C29H29F3N4O3S/c1-14-9-19(29(30,31)32)34-23(20(14)25(37)35-8-7-15(11-33)12-35)18-6-4-5-16-10-17(40-24(16)18)13-36-26(38)21-22(27(36)39)28(21,2)3/h4-6,9-10,15,21-22H,7-8,11-13,33H2,1-3H3/t15-,21?,22?/m1/s1. The number of amides is 3. The number of rotatable bonds is 5. The van der Waals surface area contributed by atoms with Crippen LogP contribution in [0.4, 0.5) is 13.2 Å². The number of benzene rings is 1. The van der Waals surface area contributed by atoms with E-state index in [9.17, 15) is 27.6 Å². The lowest BCUT2D eigenvalue weighted by Crippen LogP contribution is -2.35. The molecule has 0 radical (unpaired) electrons. The number of piperidine rings is 1. The third-order valence-electron chi connectivity index (χ3n) is 8.68. The number of hydrogen-bond acceptors (Lipinski definition) is 6. The van der Waals surface area contributed by atoms with Gasteiger partial charge in [0.1, 0.15) is 5.69 Å². The summed E-state index contributed by atoms with van der Waals surface area (Å²) in [4.78, 5) is 47.1. The van der Waals surface area contributed by atoms with Gasteiger partial charge in [-0.1, -0.05) is 32.0 Å². The molecule has 2 aromatic heterocycles. The van der Waals surface area contributed by atoms with Crippen LogP contribution < -0.4 is 5.73 Å². The molecule has 3 amide bonds. The first kappa shape index (κ1) is 26.9. The van der Waals surface area contributed by atoms with Crippen molar-refractivity contribution in [2.24, 2.45) is 28.9 Å². The Bertz CT molecular complexity index is 1560. The van der Waals surface area contributed by atoms with E-state index in [1.165, 1.54) is 23.2 Å². The van der Waals surface area contributed by atoms with Crippen molar-refractivity contribution in [2.75, 3.05) is 19.6 Å². The van der Waals surface area contributed by atoms with Crippen LogP contribution >= 0.6 is 11.3 Å². The minimum absolute atomic E-state index is 0.0242. The fourth-order valence-corrected chi connectivity index (χ4v) is 7.51. The number of fused-ring (bicyclic) bond motifs is 2. The van der Waals surface area contributed by atoms with Gasteiger partial charge in [-0.25, -0.2) is 4.98 Å². The molecule has 2 saturated heterocycles. The van der Waals surface area contributed by atoms with Crippen LogP contribution in [0.1, 0.15) is 46.8 Å². The van der Waals surface area contributed by atoms with Gasteiger partial charge in [0.05, 0.1) is 29.6 Å². The highest BCUT2D eigenvalue weighted by molar-refractivity contribution is 7.19. The van der Waals surface area contributed by atoms with E-state index in [0.717, 1.165) is 22.8 Å². The van der Waals surface area contributed by atoms with Crippen molar-refractivity contribution < 1.29 is 27.6 Å². The van der Waals surface area contributed by atoms with Crippen molar-refractivity contribution in [2.45, 2.75) is 39.9 Å². The normalized spacial score (nSPS) is 23.8. The molecule has 1 saturated carbocycles. The summed E-state index contributed by atoms with van der Waals surface area (Å²) in [5.41, 5.74) is 5.14. The minimum atomic E-state index is -4.70. The molecule has 3 atom stereocenters. The number of thiophene rings is 1. The molecule has 2 aliphatic heterocycles. The molecule has 1 aromatic carbocycles. The van der Waals surface area contributed by atoms with Crippen molar-refractivity contribution in [1.29, 1.82) is 0 Å². The predicted molar refractivity (Wildman–Crippen MR) is 144 cm³/mol. The van der Waals surface area contributed by atoms with Gasteiger partial charge in [-0.3, -0.25) is 19.3 Å². The number of nitrogens with two attached hydrogens (primary N) is 1. The zero-order chi connectivity index (χ0) is 28.7. The third kappa shape index (κ3) is 4.13. The van der Waals surface area contributed by atoms with Crippen molar-refractivity contribution in [3.05, 3.63) is 52.0 Å². The summed E-state index contributed by atoms with van der Waals surface area (Å²) in [5.74, 6) is -1.16. The lowest BCUT2D eigenvalue weighted by molar-refractivity contribution is -0.144. The highest BCUT2D eigenvalue weighted by atomic mass is 32.1. The highest BCUT2D eigenvalue weighted by Crippen LogP contribution is 2.63. The molecule has 6 rings (SSSR count). The maximum atomic E-state index is 13.9. The van der Waals surface area contributed by atoms with E-state index < -0.39 is 11.9 Å². The van der Waals surface area contributed by atoms with E-state index in [0.29, 0.717) is 29.9 Å². The van der Waals surface area contributed by atoms with Gasteiger partial charge in [0.25, 0.3) is 5.91 Å². The molecule has 3 aliphatic rings. The number of hydrogen-bond donors (Lipinski definition) is 1. The minimum Gasteiger partial charge on any atom is -0.338 e. The van der Waals surface area contributed by atoms with Crippen LogP contribution in [0.2, 0.25) is 0 Å². The van der Waals surface area contributed by atoms with Crippen LogP contribution in [0.15, 0.2) is 30.3 Å². The average Bonchev–Trinajstić information content (AvgIpc) is 3.32. The molecule has 1 aliphatic carbocycles. The van der Waals surface area contributed by atoms with Gasteiger partial charge in [-0.15, -0.1) is 11.3 Å². The van der Waals surface area contributed by atoms with Gasteiger partial charge in [0.2, 0.25) is 11.8 Å². The molecule has 4 heterocycles. The van der Waals surface area contributed by atoms with Gasteiger partial charge in [-0.2, -0.15) is 13.2 Å². The average molecular weight is 571 g/mol. The lowest BCUT2D eigenvalue weighted by Gasteiger charge is -2.21. The first-order valence-electron chi connectivity index (χ1n) is 13.3. The van der Waals surface area contributed by atoms with E-state index in [-0.39, 0.29) is 64.3 Å². The number of pyridine rings is 1. The van der Waals surface area contributed by atoms with E-state index in [1.54, 1.807) is 17.0 Å². The zero-order valence-corrected chi connectivity index (χ0v) is 23.2. The Hall–Kier alpha value is -3.31. The van der Waals surface area contributed by atoms with E-state index in [1.807, 2.05) is 26.0 Å². The molecular weight excluding hydrogens is 541 g/mol. The van der Waals surface area contributed by atoms with Gasteiger partial charge >= 0.3 is 6.18 Å². The number of halogens is 3. The maximum absolute atomic E-state index is 13.9. The summed E-state index contributed by atoms with van der Waals surface area (Å²) in [5, 5.41) is 0.738. The molecule has 40 heavy (non-hydrogen) atoms. The number of nitrogens with zero attached hydrogens (tertiary/aromatic N) is 3. The SMILES string of the molecule is Cc1cc(C(F)(F)F)nc(-c2cccc3cc(CN4C(=O)C5C(C4=O)C5(C)C)sc23)c1C(=O)N1CC[C@H](CN)C1. The molecule has 3 aromatic rings. The van der Waals surface area contributed by atoms with Gasteiger partial charge < -0.3 is 10.6 Å². The number of aromatic nitrogens is 1. The topological polar surface area (TPSA) is 96.6 Å². The zero-order valence-electron chi connectivity index (χ0n) is 22.3. The van der Waals surface area contributed by atoms with E-state index in [2.05, 4.69) is 4.98 Å². The van der Waals surface area contributed by atoms with E-state index in [4.69, 9.17) is 5.73 Å². The molecule has 2 N–H and O–H groups in total. The van der Waals surface area contributed by atoms with Crippen LogP contribution in [0.25, 0.3) is 21.3 Å². The molecule has 0 bridgehead atoms. The Kier molecular flexibility index (Phi) is 6.12. The summed E-state index contributed by atoms with van der Waals surface area (Å²) in [6.07, 6.45) is -3.96. The second-order valence-electron chi connectivity index (χ2n) is 11.7. The smallest absolute Gasteiger partial charge is 0.338 e. The second kappa shape index (κ2) is 9.10.